The molecule has 0 unspecified atom stereocenters. The largest absolute Gasteiger partial charge is 0.352 e. The molecule has 0 aliphatic heterocycles. The molecule has 0 atom stereocenters. The molecular weight excluding hydrogens is 204 g/mol. The number of hydrogen-bond acceptors (Lipinski definition) is 2. The Labute approximate surface area is 90.3 Å². The second kappa shape index (κ2) is 3.06. The van der Waals surface area contributed by atoms with Crippen LogP contribution in [0.3, 0.4) is 0 Å². The van der Waals surface area contributed by atoms with Crippen LogP contribution in [0.25, 0.3) is 21.8 Å². The molecule has 0 aliphatic carbocycles. The zero-order valence-electron chi connectivity index (χ0n) is 8.28. The second-order valence-electron chi connectivity index (χ2n) is 3.71. The van der Waals surface area contributed by atoms with Crippen molar-refractivity contribution in [3.8, 4) is 0 Å². The maximum absolute atomic E-state index is 10.6. The first-order chi connectivity index (χ1) is 7.80. The van der Waals surface area contributed by atoms with Crippen LogP contribution in [0.5, 0.6) is 0 Å². The first kappa shape index (κ1) is 8.91. The molecule has 0 saturated heterocycles. The summed E-state index contributed by atoms with van der Waals surface area (Å²) in [7, 11) is 0. The van der Waals surface area contributed by atoms with Crippen molar-refractivity contribution in [2.24, 2.45) is 0 Å². The van der Waals surface area contributed by atoms with Gasteiger partial charge in [0.2, 0.25) is 0 Å². The minimum absolute atomic E-state index is 0.554. The number of H-pyrrole nitrogens is 2. The standard InChI is InChI=1S/C12H8N2O2/c15-5-9-1-7-3-12-8(4-11(7)13-9)2-10(6-16)14-12/h1-6,13-14H. The van der Waals surface area contributed by atoms with Crippen LogP contribution in [0.2, 0.25) is 0 Å². The summed E-state index contributed by atoms with van der Waals surface area (Å²) in [4.78, 5) is 27.2. The third kappa shape index (κ3) is 1.16. The second-order valence-corrected chi connectivity index (χ2v) is 3.71. The smallest absolute Gasteiger partial charge is 0.166 e. The van der Waals surface area contributed by atoms with Gasteiger partial charge in [-0.1, -0.05) is 0 Å². The number of carbonyl (C=O) groups is 2. The quantitative estimate of drug-likeness (QED) is 0.640. The fraction of sp³-hybridized carbons (Fsp3) is 0. The third-order valence-corrected chi connectivity index (χ3v) is 2.66. The topological polar surface area (TPSA) is 65.7 Å². The van der Waals surface area contributed by atoms with E-state index < -0.39 is 0 Å². The van der Waals surface area contributed by atoms with Gasteiger partial charge in [-0.2, -0.15) is 0 Å². The summed E-state index contributed by atoms with van der Waals surface area (Å²) in [6, 6.07) is 7.40. The molecular formula is C12H8N2O2. The van der Waals surface area contributed by atoms with Gasteiger partial charge in [-0.15, -0.1) is 0 Å². The molecule has 16 heavy (non-hydrogen) atoms. The zero-order valence-corrected chi connectivity index (χ0v) is 8.28. The van der Waals surface area contributed by atoms with Gasteiger partial charge < -0.3 is 9.97 Å². The van der Waals surface area contributed by atoms with Gasteiger partial charge in [0.25, 0.3) is 0 Å². The van der Waals surface area contributed by atoms with E-state index in [1.165, 1.54) is 0 Å². The molecule has 0 saturated carbocycles. The lowest BCUT2D eigenvalue weighted by Crippen LogP contribution is -1.74. The van der Waals surface area contributed by atoms with Gasteiger partial charge in [-0.3, -0.25) is 9.59 Å². The Morgan fingerprint density at radius 2 is 1.19 bits per heavy atom. The van der Waals surface area contributed by atoms with Crippen LogP contribution in [0.4, 0.5) is 0 Å². The average Bonchev–Trinajstić information content (AvgIpc) is 2.86. The van der Waals surface area contributed by atoms with E-state index in [4.69, 9.17) is 0 Å². The van der Waals surface area contributed by atoms with Crippen LogP contribution in [0.1, 0.15) is 21.0 Å². The van der Waals surface area contributed by atoms with Crippen molar-refractivity contribution in [3.63, 3.8) is 0 Å². The highest BCUT2D eigenvalue weighted by molar-refractivity contribution is 5.99. The van der Waals surface area contributed by atoms with Crippen LogP contribution in [-0.2, 0) is 0 Å². The predicted molar refractivity (Wildman–Crippen MR) is 60.9 cm³/mol. The monoisotopic (exact) mass is 212 g/mol. The number of hydrogen-bond donors (Lipinski definition) is 2. The molecule has 3 aromatic rings. The van der Waals surface area contributed by atoms with Gasteiger partial charge in [-0.25, -0.2) is 0 Å². The maximum Gasteiger partial charge on any atom is 0.166 e. The molecule has 1 aromatic carbocycles. The molecule has 0 aliphatic rings. The van der Waals surface area contributed by atoms with Crippen molar-refractivity contribution in [3.05, 3.63) is 35.7 Å². The van der Waals surface area contributed by atoms with Crippen molar-refractivity contribution in [1.82, 2.24) is 9.97 Å². The molecule has 0 spiro atoms. The number of benzene rings is 1. The van der Waals surface area contributed by atoms with Crippen molar-refractivity contribution in [2.45, 2.75) is 0 Å². The number of aromatic nitrogens is 2. The van der Waals surface area contributed by atoms with E-state index >= 15 is 0 Å². The number of aromatic amines is 2. The molecule has 0 bridgehead atoms. The summed E-state index contributed by atoms with van der Waals surface area (Å²) in [5, 5.41) is 1.91. The van der Waals surface area contributed by atoms with Gasteiger partial charge >= 0.3 is 0 Å². The van der Waals surface area contributed by atoms with Crippen molar-refractivity contribution >= 4 is 34.4 Å². The first-order valence-corrected chi connectivity index (χ1v) is 4.86. The van der Waals surface area contributed by atoms with E-state index in [-0.39, 0.29) is 0 Å². The molecule has 4 heteroatoms. The van der Waals surface area contributed by atoms with E-state index in [0.717, 1.165) is 34.4 Å². The van der Waals surface area contributed by atoms with Crippen LogP contribution in [0.15, 0.2) is 24.3 Å². The highest BCUT2D eigenvalue weighted by Gasteiger charge is 2.04. The molecule has 0 radical (unpaired) electrons. The van der Waals surface area contributed by atoms with E-state index in [1.807, 2.05) is 12.1 Å². The lowest BCUT2D eigenvalue weighted by molar-refractivity contribution is 0.111. The van der Waals surface area contributed by atoms with Crippen molar-refractivity contribution in [1.29, 1.82) is 0 Å². The summed E-state index contributed by atoms with van der Waals surface area (Å²) in [6.45, 7) is 0. The summed E-state index contributed by atoms with van der Waals surface area (Å²) in [5.74, 6) is 0. The van der Waals surface area contributed by atoms with Crippen LogP contribution < -0.4 is 0 Å². The van der Waals surface area contributed by atoms with Gasteiger partial charge in [0, 0.05) is 21.8 Å². The van der Waals surface area contributed by atoms with Crippen LogP contribution in [0, 0.1) is 0 Å². The van der Waals surface area contributed by atoms with Crippen molar-refractivity contribution < 1.29 is 9.59 Å². The van der Waals surface area contributed by atoms with E-state index in [1.54, 1.807) is 12.1 Å². The highest BCUT2D eigenvalue weighted by Crippen LogP contribution is 2.23. The highest BCUT2D eigenvalue weighted by atomic mass is 16.1. The van der Waals surface area contributed by atoms with E-state index in [9.17, 15) is 9.59 Å². The molecule has 4 nitrogen and oxygen atoms in total. The number of rotatable bonds is 2. The Balaban J connectivity index is 2.36. The predicted octanol–water partition coefficient (Wildman–Crippen LogP) is 2.27. The van der Waals surface area contributed by atoms with E-state index in [2.05, 4.69) is 9.97 Å². The fourth-order valence-corrected chi connectivity index (χ4v) is 1.93. The molecule has 0 fully saturated rings. The minimum atomic E-state index is 0.554. The lowest BCUT2D eigenvalue weighted by Gasteiger charge is -1.90. The van der Waals surface area contributed by atoms with Gasteiger partial charge in [0.05, 0.1) is 11.4 Å². The normalized spacial score (nSPS) is 11.0. The Bertz CT molecular complexity index is 598. The number of carbonyl (C=O) groups excluding carboxylic acids is 2. The van der Waals surface area contributed by atoms with Crippen LogP contribution in [-0.4, -0.2) is 22.5 Å². The van der Waals surface area contributed by atoms with Gasteiger partial charge in [0.1, 0.15) is 0 Å². The first-order valence-electron chi connectivity index (χ1n) is 4.86. The van der Waals surface area contributed by atoms with Gasteiger partial charge in [0.15, 0.2) is 12.6 Å². The molecule has 2 heterocycles. The Morgan fingerprint density at radius 3 is 1.56 bits per heavy atom. The Hall–Kier alpha value is -2.36. The number of aldehydes is 2. The molecule has 0 amide bonds. The SMILES string of the molecule is O=Cc1cc2cc3[nH]c(C=O)cc3cc2[nH]1. The summed E-state index contributed by atoms with van der Waals surface area (Å²) in [6.07, 6.45) is 1.57. The Kier molecular flexibility index (Phi) is 1.71. The Morgan fingerprint density at radius 1 is 0.750 bits per heavy atom. The number of nitrogens with one attached hydrogen (secondary N) is 2. The average molecular weight is 212 g/mol. The lowest BCUT2D eigenvalue weighted by atomic mass is 10.2. The molecule has 2 N–H and O–H groups in total. The van der Waals surface area contributed by atoms with E-state index in [0.29, 0.717) is 11.4 Å². The van der Waals surface area contributed by atoms with Crippen molar-refractivity contribution in [2.75, 3.05) is 0 Å². The molecule has 3 rings (SSSR count). The molecule has 78 valence electrons. The maximum atomic E-state index is 10.6. The third-order valence-electron chi connectivity index (χ3n) is 2.66. The van der Waals surface area contributed by atoms with Gasteiger partial charge in [-0.05, 0) is 24.3 Å². The summed E-state index contributed by atoms with van der Waals surface area (Å²) in [5.41, 5.74) is 2.90. The zero-order chi connectivity index (χ0) is 11.1. The summed E-state index contributed by atoms with van der Waals surface area (Å²) >= 11 is 0. The fourth-order valence-electron chi connectivity index (χ4n) is 1.93. The minimum Gasteiger partial charge on any atom is -0.352 e. The molecule has 2 aromatic heterocycles. The number of fused-ring (bicyclic) bond motifs is 2. The van der Waals surface area contributed by atoms with Crippen LogP contribution >= 0.6 is 0 Å². The summed E-state index contributed by atoms with van der Waals surface area (Å²) < 4.78 is 0.